The van der Waals surface area contributed by atoms with E-state index in [1.165, 1.54) is 0 Å². The summed E-state index contributed by atoms with van der Waals surface area (Å²) < 4.78 is 2.90. The third-order valence-corrected chi connectivity index (χ3v) is 4.70. The van der Waals surface area contributed by atoms with E-state index in [9.17, 15) is 5.11 Å². The van der Waals surface area contributed by atoms with Crippen LogP contribution in [-0.4, -0.2) is 14.9 Å². The van der Waals surface area contributed by atoms with Gasteiger partial charge in [-0.2, -0.15) is 5.10 Å². The van der Waals surface area contributed by atoms with Crippen LogP contribution in [0.15, 0.2) is 22.7 Å². The SMILES string of the molecule is CCn1nc(C)c(Br)c1CC(O)c1ccc(Cl)cc1C. The van der Waals surface area contributed by atoms with Crippen molar-refractivity contribution >= 4 is 27.5 Å². The van der Waals surface area contributed by atoms with Gasteiger partial charge in [-0.3, -0.25) is 4.68 Å². The van der Waals surface area contributed by atoms with Crippen molar-refractivity contribution in [2.24, 2.45) is 0 Å². The maximum absolute atomic E-state index is 10.5. The van der Waals surface area contributed by atoms with Crippen LogP contribution in [0.5, 0.6) is 0 Å². The Labute approximate surface area is 132 Å². The van der Waals surface area contributed by atoms with Gasteiger partial charge in [-0.1, -0.05) is 17.7 Å². The number of aliphatic hydroxyl groups is 1. The first-order valence-corrected chi connectivity index (χ1v) is 7.77. The molecule has 5 heteroatoms. The minimum atomic E-state index is -0.565. The van der Waals surface area contributed by atoms with Crippen molar-refractivity contribution in [1.82, 2.24) is 9.78 Å². The summed E-state index contributed by atoms with van der Waals surface area (Å²) in [6.45, 7) is 6.75. The van der Waals surface area contributed by atoms with E-state index in [0.717, 1.165) is 33.5 Å². The van der Waals surface area contributed by atoms with Crippen LogP contribution in [0.1, 0.15) is 35.5 Å². The van der Waals surface area contributed by atoms with Gasteiger partial charge in [0.2, 0.25) is 0 Å². The van der Waals surface area contributed by atoms with E-state index >= 15 is 0 Å². The molecule has 1 aromatic carbocycles. The molecule has 2 rings (SSSR count). The summed E-state index contributed by atoms with van der Waals surface area (Å²) in [5.74, 6) is 0. The quantitative estimate of drug-likeness (QED) is 0.890. The normalized spacial score (nSPS) is 12.7. The molecule has 0 spiro atoms. The summed E-state index contributed by atoms with van der Waals surface area (Å²) in [7, 11) is 0. The van der Waals surface area contributed by atoms with Gasteiger partial charge in [0.15, 0.2) is 0 Å². The minimum Gasteiger partial charge on any atom is -0.388 e. The lowest BCUT2D eigenvalue weighted by Gasteiger charge is -2.15. The zero-order valence-corrected chi connectivity index (χ0v) is 14.2. The van der Waals surface area contributed by atoms with Gasteiger partial charge in [-0.15, -0.1) is 0 Å². The van der Waals surface area contributed by atoms with Gasteiger partial charge >= 0.3 is 0 Å². The molecule has 1 unspecified atom stereocenters. The van der Waals surface area contributed by atoms with E-state index in [0.29, 0.717) is 11.4 Å². The molecule has 1 heterocycles. The van der Waals surface area contributed by atoms with Crippen LogP contribution in [-0.2, 0) is 13.0 Å². The van der Waals surface area contributed by atoms with Crippen molar-refractivity contribution in [2.45, 2.75) is 39.8 Å². The van der Waals surface area contributed by atoms with Crippen LogP contribution in [0, 0.1) is 13.8 Å². The average molecular weight is 358 g/mol. The molecule has 0 bridgehead atoms. The number of nitrogens with zero attached hydrogens (tertiary/aromatic N) is 2. The Bertz CT molecular complexity index is 625. The highest BCUT2D eigenvalue weighted by Gasteiger charge is 2.18. The van der Waals surface area contributed by atoms with Gasteiger partial charge < -0.3 is 5.11 Å². The molecule has 0 saturated heterocycles. The lowest BCUT2D eigenvalue weighted by atomic mass is 10.00. The van der Waals surface area contributed by atoms with E-state index < -0.39 is 6.10 Å². The number of hydrogen-bond acceptors (Lipinski definition) is 2. The highest BCUT2D eigenvalue weighted by atomic mass is 79.9. The molecule has 20 heavy (non-hydrogen) atoms. The van der Waals surface area contributed by atoms with Gasteiger partial charge in [-0.05, 0) is 60.0 Å². The molecule has 108 valence electrons. The molecule has 3 nitrogen and oxygen atoms in total. The van der Waals surface area contributed by atoms with Crippen molar-refractivity contribution in [1.29, 1.82) is 0 Å². The molecule has 1 aromatic heterocycles. The van der Waals surface area contributed by atoms with Crippen LogP contribution in [0.3, 0.4) is 0 Å². The molecular formula is C15H18BrClN2O. The zero-order valence-electron chi connectivity index (χ0n) is 11.8. The molecular weight excluding hydrogens is 340 g/mol. The fourth-order valence-corrected chi connectivity index (χ4v) is 3.04. The van der Waals surface area contributed by atoms with Gasteiger partial charge in [0.25, 0.3) is 0 Å². The number of aryl methyl sites for hydroxylation is 3. The Balaban J connectivity index is 2.30. The van der Waals surface area contributed by atoms with Crippen molar-refractivity contribution < 1.29 is 5.11 Å². The van der Waals surface area contributed by atoms with Crippen LogP contribution in [0.25, 0.3) is 0 Å². The Kier molecular flexibility index (Phi) is 4.89. The maximum Gasteiger partial charge on any atom is 0.0848 e. The molecule has 0 fully saturated rings. The van der Waals surface area contributed by atoms with Gasteiger partial charge in [-0.25, -0.2) is 0 Å². The highest BCUT2D eigenvalue weighted by Crippen LogP contribution is 2.28. The molecule has 0 aliphatic carbocycles. The summed E-state index contributed by atoms with van der Waals surface area (Å²) >= 11 is 9.51. The minimum absolute atomic E-state index is 0.526. The van der Waals surface area contributed by atoms with Crippen LogP contribution >= 0.6 is 27.5 Å². The van der Waals surface area contributed by atoms with Crippen LogP contribution in [0.2, 0.25) is 5.02 Å². The molecule has 1 N–H and O–H groups in total. The third kappa shape index (κ3) is 3.08. The molecule has 0 aliphatic heterocycles. The van der Waals surface area contributed by atoms with Gasteiger partial charge in [0.05, 0.1) is 22.0 Å². The van der Waals surface area contributed by atoms with E-state index in [1.54, 1.807) is 0 Å². The zero-order chi connectivity index (χ0) is 14.9. The fraction of sp³-hybridized carbons (Fsp3) is 0.400. The molecule has 1 atom stereocenters. The Morgan fingerprint density at radius 3 is 2.70 bits per heavy atom. The summed E-state index contributed by atoms with van der Waals surface area (Å²) in [5, 5.41) is 15.6. The second-order valence-electron chi connectivity index (χ2n) is 4.88. The Morgan fingerprint density at radius 1 is 1.40 bits per heavy atom. The first-order valence-electron chi connectivity index (χ1n) is 6.60. The predicted octanol–water partition coefficient (Wildman–Crippen LogP) is 4.21. The second-order valence-corrected chi connectivity index (χ2v) is 6.11. The van der Waals surface area contributed by atoms with Crippen molar-refractivity contribution in [3.63, 3.8) is 0 Å². The fourth-order valence-electron chi connectivity index (χ4n) is 2.37. The van der Waals surface area contributed by atoms with Crippen molar-refractivity contribution in [3.8, 4) is 0 Å². The summed E-state index contributed by atoms with van der Waals surface area (Å²) in [4.78, 5) is 0. The molecule has 0 aliphatic rings. The maximum atomic E-state index is 10.5. The number of aromatic nitrogens is 2. The Hall–Kier alpha value is -0.840. The number of aliphatic hydroxyl groups excluding tert-OH is 1. The van der Waals surface area contributed by atoms with E-state index in [-0.39, 0.29) is 0 Å². The van der Waals surface area contributed by atoms with Crippen molar-refractivity contribution in [3.05, 3.63) is 50.2 Å². The number of halogens is 2. The smallest absolute Gasteiger partial charge is 0.0848 e. The number of rotatable bonds is 4. The van der Waals surface area contributed by atoms with Crippen LogP contribution in [0.4, 0.5) is 0 Å². The summed E-state index contributed by atoms with van der Waals surface area (Å²) in [6.07, 6.45) is -0.0393. The molecule has 0 saturated carbocycles. The monoisotopic (exact) mass is 356 g/mol. The molecule has 0 radical (unpaired) electrons. The summed E-state index contributed by atoms with van der Waals surface area (Å²) in [5.41, 5.74) is 3.87. The lowest BCUT2D eigenvalue weighted by molar-refractivity contribution is 0.174. The first kappa shape index (κ1) is 15.5. The predicted molar refractivity (Wildman–Crippen MR) is 85.2 cm³/mol. The number of hydrogen-bond donors (Lipinski definition) is 1. The standard InChI is InChI=1S/C15H18BrClN2O/c1-4-19-13(15(16)10(3)18-19)8-14(20)12-6-5-11(17)7-9(12)2/h5-7,14,20H,4,8H2,1-3H3. The van der Waals surface area contributed by atoms with Crippen molar-refractivity contribution in [2.75, 3.05) is 0 Å². The Morgan fingerprint density at radius 2 is 2.10 bits per heavy atom. The van der Waals surface area contributed by atoms with E-state index in [1.807, 2.05) is 43.7 Å². The van der Waals surface area contributed by atoms with Gasteiger partial charge in [0, 0.05) is 18.0 Å². The third-order valence-electron chi connectivity index (χ3n) is 3.43. The molecule has 0 amide bonds. The molecule has 2 aromatic rings. The lowest BCUT2D eigenvalue weighted by Crippen LogP contribution is -2.10. The highest BCUT2D eigenvalue weighted by molar-refractivity contribution is 9.10. The largest absolute Gasteiger partial charge is 0.388 e. The van der Waals surface area contributed by atoms with E-state index in [4.69, 9.17) is 11.6 Å². The second kappa shape index (κ2) is 6.29. The average Bonchev–Trinajstić information content (AvgIpc) is 2.66. The van der Waals surface area contributed by atoms with Crippen LogP contribution < -0.4 is 0 Å². The number of benzene rings is 1. The summed E-state index contributed by atoms with van der Waals surface area (Å²) in [6, 6.07) is 5.57. The van der Waals surface area contributed by atoms with Gasteiger partial charge in [0.1, 0.15) is 0 Å². The first-order chi connectivity index (χ1) is 9.43. The topological polar surface area (TPSA) is 38.0 Å². The van der Waals surface area contributed by atoms with E-state index in [2.05, 4.69) is 21.0 Å².